The molecule has 1 saturated carbocycles. The van der Waals surface area contributed by atoms with Gasteiger partial charge in [0.15, 0.2) is 0 Å². The number of hydrogen-bond acceptors (Lipinski definition) is 1. The largest absolute Gasteiger partial charge is 0.300 e. The Morgan fingerprint density at radius 2 is 1.94 bits per heavy atom. The van der Waals surface area contributed by atoms with Crippen molar-refractivity contribution >= 4 is 21.7 Å². The Bertz CT molecular complexity index is 272. The van der Waals surface area contributed by atoms with Crippen LogP contribution >= 0.6 is 15.9 Å². The number of carbonyl (C=O) groups is 1. The highest BCUT2D eigenvalue weighted by molar-refractivity contribution is 9.09. The molecule has 2 heteroatoms. The molecule has 100 valence electrons. The Morgan fingerprint density at radius 3 is 2.47 bits per heavy atom. The number of hydrogen-bond donors (Lipinski definition) is 0. The maximum atomic E-state index is 11.5. The SMILES string of the molecule is CCC(=O)CCC1C(C)C(Br)CC(C)C1(C)C. The van der Waals surface area contributed by atoms with Gasteiger partial charge < -0.3 is 0 Å². The number of Topliss-reactive ketones (excluding diaryl/α,β-unsaturated/α-hetero) is 1. The zero-order valence-electron chi connectivity index (χ0n) is 11.9. The molecule has 0 N–H and O–H groups in total. The third kappa shape index (κ3) is 3.33. The summed E-state index contributed by atoms with van der Waals surface area (Å²) in [7, 11) is 0. The van der Waals surface area contributed by atoms with Crippen LogP contribution in [0.4, 0.5) is 0 Å². The zero-order chi connectivity index (χ0) is 13.2. The van der Waals surface area contributed by atoms with Gasteiger partial charge in [0, 0.05) is 17.7 Å². The van der Waals surface area contributed by atoms with Gasteiger partial charge in [0.1, 0.15) is 5.78 Å². The second kappa shape index (κ2) is 5.86. The maximum absolute atomic E-state index is 11.5. The first kappa shape index (κ1) is 15.2. The van der Waals surface area contributed by atoms with Crippen molar-refractivity contribution in [3.05, 3.63) is 0 Å². The van der Waals surface area contributed by atoms with Crippen molar-refractivity contribution in [1.82, 2.24) is 0 Å². The maximum Gasteiger partial charge on any atom is 0.132 e. The van der Waals surface area contributed by atoms with E-state index in [9.17, 15) is 4.79 Å². The van der Waals surface area contributed by atoms with Crippen molar-refractivity contribution in [1.29, 1.82) is 0 Å². The normalized spacial score (nSPS) is 36.8. The Labute approximate surface area is 115 Å². The van der Waals surface area contributed by atoms with Crippen molar-refractivity contribution in [2.75, 3.05) is 0 Å². The van der Waals surface area contributed by atoms with Crippen LogP contribution in [-0.4, -0.2) is 10.6 Å². The summed E-state index contributed by atoms with van der Waals surface area (Å²) in [6.45, 7) is 11.4. The average Bonchev–Trinajstić information content (AvgIpc) is 2.26. The Balaban J connectivity index is 2.73. The zero-order valence-corrected chi connectivity index (χ0v) is 13.5. The number of alkyl halides is 1. The highest BCUT2D eigenvalue weighted by atomic mass is 79.9. The lowest BCUT2D eigenvalue weighted by atomic mass is 9.58. The van der Waals surface area contributed by atoms with E-state index in [-0.39, 0.29) is 0 Å². The van der Waals surface area contributed by atoms with Crippen molar-refractivity contribution < 1.29 is 4.79 Å². The molecule has 0 aliphatic heterocycles. The van der Waals surface area contributed by atoms with E-state index in [0.29, 0.717) is 34.3 Å². The molecule has 1 rings (SSSR count). The van der Waals surface area contributed by atoms with Crippen molar-refractivity contribution in [2.45, 2.75) is 65.1 Å². The van der Waals surface area contributed by atoms with Gasteiger partial charge in [-0.25, -0.2) is 0 Å². The molecule has 0 radical (unpaired) electrons. The third-order valence-corrected chi connectivity index (χ3v) is 6.35. The van der Waals surface area contributed by atoms with Crippen LogP contribution in [0.2, 0.25) is 0 Å². The third-order valence-electron chi connectivity index (χ3n) is 5.14. The first-order valence-corrected chi connectivity index (χ1v) is 7.88. The molecule has 0 saturated heterocycles. The summed E-state index contributed by atoms with van der Waals surface area (Å²) >= 11 is 3.83. The van der Waals surface area contributed by atoms with E-state index in [0.717, 1.165) is 18.8 Å². The minimum Gasteiger partial charge on any atom is -0.300 e. The van der Waals surface area contributed by atoms with Gasteiger partial charge in [-0.05, 0) is 36.0 Å². The van der Waals surface area contributed by atoms with E-state index in [1.807, 2.05) is 6.92 Å². The fourth-order valence-corrected chi connectivity index (χ4v) is 4.21. The fourth-order valence-electron chi connectivity index (χ4n) is 3.28. The second-order valence-electron chi connectivity index (χ2n) is 6.37. The highest BCUT2D eigenvalue weighted by Gasteiger charge is 2.44. The van der Waals surface area contributed by atoms with Gasteiger partial charge in [0.05, 0.1) is 0 Å². The minimum absolute atomic E-state index is 0.359. The molecule has 0 aromatic rings. The summed E-state index contributed by atoms with van der Waals surface area (Å²) in [6, 6.07) is 0. The van der Waals surface area contributed by atoms with Gasteiger partial charge >= 0.3 is 0 Å². The predicted octanol–water partition coefficient (Wildman–Crippen LogP) is 4.83. The Hall–Kier alpha value is 0.150. The summed E-state index contributed by atoms with van der Waals surface area (Å²) in [5, 5.41) is 0. The van der Waals surface area contributed by atoms with Crippen molar-refractivity contribution in [2.24, 2.45) is 23.2 Å². The predicted molar refractivity (Wildman–Crippen MR) is 77.5 cm³/mol. The van der Waals surface area contributed by atoms with Gasteiger partial charge in [-0.1, -0.05) is 50.5 Å². The molecule has 4 atom stereocenters. The van der Waals surface area contributed by atoms with Gasteiger partial charge in [0.25, 0.3) is 0 Å². The molecule has 1 aliphatic carbocycles. The van der Waals surface area contributed by atoms with Crippen molar-refractivity contribution in [3.63, 3.8) is 0 Å². The van der Waals surface area contributed by atoms with Gasteiger partial charge in [0.2, 0.25) is 0 Å². The molecule has 1 nitrogen and oxygen atoms in total. The van der Waals surface area contributed by atoms with Gasteiger partial charge in [-0.2, -0.15) is 0 Å². The van der Waals surface area contributed by atoms with Gasteiger partial charge in [-0.15, -0.1) is 0 Å². The lowest BCUT2D eigenvalue weighted by Gasteiger charge is -2.50. The average molecular weight is 303 g/mol. The van der Waals surface area contributed by atoms with Crippen LogP contribution in [-0.2, 0) is 4.79 Å². The molecule has 1 aliphatic rings. The van der Waals surface area contributed by atoms with Crippen LogP contribution < -0.4 is 0 Å². The van der Waals surface area contributed by atoms with Crippen LogP contribution in [0, 0.1) is 23.2 Å². The lowest BCUT2D eigenvalue weighted by molar-refractivity contribution is -0.119. The summed E-state index contributed by atoms with van der Waals surface area (Å²) in [4.78, 5) is 12.1. The molecule has 0 aromatic heterocycles. The quantitative estimate of drug-likeness (QED) is 0.680. The van der Waals surface area contributed by atoms with Crippen LogP contribution in [0.15, 0.2) is 0 Å². The van der Waals surface area contributed by atoms with E-state index in [1.165, 1.54) is 6.42 Å². The van der Waals surface area contributed by atoms with E-state index >= 15 is 0 Å². The molecule has 0 amide bonds. The smallest absolute Gasteiger partial charge is 0.132 e. The first-order valence-electron chi connectivity index (χ1n) is 6.96. The topological polar surface area (TPSA) is 17.1 Å². The van der Waals surface area contributed by atoms with E-state index in [4.69, 9.17) is 0 Å². The Morgan fingerprint density at radius 1 is 1.35 bits per heavy atom. The number of ketones is 1. The molecule has 0 bridgehead atoms. The molecule has 0 heterocycles. The molecular weight excluding hydrogens is 276 g/mol. The molecule has 4 unspecified atom stereocenters. The van der Waals surface area contributed by atoms with Gasteiger partial charge in [-0.3, -0.25) is 4.79 Å². The van der Waals surface area contributed by atoms with E-state index in [2.05, 4.69) is 43.6 Å². The summed E-state index contributed by atoms with van der Waals surface area (Å²) in [6.07, 6.45) is 3.77. The summed E-state index contributed by atoms with van der Waals surface area (Å²) < 4.78 is 0. The number of halogens is 1. The van der Waals surface area contributed by atoms with Crippen LogP contribution in [0.1, 0.15) is 60.3 Å². The molecule has 0 aromatic carbocycles. The monoisotopic (exact) mass is 302 g/mol. The van der Waals surface area contributed by atoms with Crippen molar-refractivity contribution in [3.8, 4) is 0 Å². The summed E-state index contributed by atoms with van der Waals surface area (Å²) in [5.41, 5.74) is 0.359. The number of rotatable bonds is 4. The van der Waals surface area contributed by atoms with E-state index < -0.39 is 0 Å². The van der Waals surface area contributed by atoms with E-state index in [1.54, 1.807) is 0 Å². The molecule has 1 fully saturated rings. The van der Waals surface area contributed by atoms with Crippen LogP contribution in [0.25, 0.3) is 0 Å². The lowest BCUT2D eigenvalue weighted by Crippen LogP contribution is -2.44. The standard InChI is InChI=1S/C15H27BrO/c1-6-12(17)7-8-13-11(3)14(16)9-10(2)15(13,4)5/h10-11,13-14H,6-9H2,1-5H3. The molecule has 17 heavy (non-hydrogen) atoms. The Kier molecular flexibility index (Phi) is 5.24. The number of carbonyl (C=O) groups excluding carboxylic acids is 1. The molecular formula is C15H27BrO. The van der Waals surface area contributed by atoms with Crippen LogP contribution in [0.3, 0.4) is 0 Å². The highest BCUT2D eigenvalue weighted by Crippen LogP contribution is 2.51. The summed E-state index contributed by atoms with van der Waals surface area (Å²) in [5.74, 6) is 2.47. The minimum atomic E-state index is 0.359. The second-order valence-corrected chi connectivity index (χ2v) is 7.55. The van der Waals surface area contributed by atoms with Crippen LogP contribution in [0.5, 0.6) is 0 Å². The fraction of sp³-hybridized carbons (Fsp3) is 0.933. The first-order chi connectivity index (χ1) is 7.80. The molecule has 0 spiro atoms.